The van der Waals surface area contributed by atoms with Crippen LogP contribution in [-0.2, 0) is 4.79 Å². The summed E-state index contributed by atoms with van der Waals surface area (Å²) in [7, 11) is 4.17. The molecule has 16 heavy (non-hydrogen) atoms. The highest BCUT2D eigenvalue weighted by Gasteiger charge is 2.41. The minimum absolute atomic E-state index is 0.103. The highest BCUT2D eigenvalue weighted by Crippen LogP contribution is 2.37. The van der Waals surface area contributed by atoms with E-state index in [1.165, 1.54) is 38.5 Å². The molecule has 0 saturated heterocycles. The minimum Gasteiger partial charge on any atom is -0.298 e. The lowest BCUT2D eigenvalue weighted by atomic mass is 9.72. The van der Waals surface area contributed by atoms with Gasteiger partial charge in [-0.1, -0.05) is 38.5 Å². The number of carbonyl (C=O) groups is 1. The quantitative estimate of drug-likeness (QED) is 0.730. The standard InChI is InChI=1S/C14H25NO/c1-15(2)14(9-4-3-5-10-14)13(16)11-12-7-6-8-12/h12H,3-11H2,1-2H3. The largest absolute Gasteiger partial charge is 0.298 e. The molecule has 0 heterocycles. The first-order valence-electron chi connectivity index (χ1n) is 6.86. The molecule has 2 heteroatoms. The Bertz CT molecular complexity index is 249. The van der Waals surface area contributed by atoms with E-state index < -0.39 is 0 Å². The molecule has 2 aliphatic carbocycles. The molecular weight excluding hydrogens is 198 g/mol. The van der Waals surface area contributed by atoms with Gasteiger partial charge in [-0.2, -0.15) is 0 Å². The summed E-state index contributed by atoms with van der Waals surface area (Å²) in [4.78, 5) is 14.7. The van der Waals surface area contributed by atoms with E-state index in [-0.39, 0.29) is 5.54 Å². The molecule has 2 saturated carbocycles. The van der Waals surface area contributed by atoms with Crippen LogP contribution in [0.15, 0.2) is 0 Å². The van der Waals surface area contributed by atoms with Gasteiger partial charge in [0, 0.05) is 6.42 Å². The van der Waals surface area contributed by atoms with Gasteiger partial charge in [0.05, 0.1) is 5.54 Å². The molecule has 92 valence electrons. The minimum atomic E-state index is -0.103. The Hall–Kier alpha value is -0.370. The topological polar surface area (TPSA) is 20.3 Å². The molecule has 2 rings (SSSR count). The van der Waals surface area contributed by atoms with Gasteiger partial charge >= 0.3 is 0 Å². The smallest absolute Gasteiger partial charge is 0.153 e. The Labute approximate surface area is 99.4 Å². The third-order valence-corrected chi connectivity index (χ3v) is 4.75. The van der Waals surface area contributed by atoms with E-state index in [1.807, 2.05) is 0 Å². The zero-order valence-electron chi connectivity index (χ0n) is 10.8. The molecule has 0 aromatic rings. The Balaban J connectivity index is 2.01. The van der Waals surface area contributed by atoms with E-state index in [9.17, 15) is 4.79 Å². The molecule has 0 atom stereocenters. The summed E-state index contributed by atoms with van der Waals surface area (Å²) in [6.07, 6.45) is 10.7. The van der Waals surface area contributed by atoms with Crippen LogP contribution < -0.4 is 0 Å². The predicted octanol–water partition coefficient (Wildman–Crippen LogP) is 3.01. The van der Waals surface area contributed by atoms with Gasteiger partial charge in [0.25, 0.3) is 0 Å². The van der Waals surface area contributed by atoms with E-state index in [0.717, 1.165) is 19.3 Å². The van der Waals surface area contributed by atoms with Crippen LogP contribution in [0.25, 0.3) is 0 Å². The van der Waals surface area contributed by atoms with Crippen molar-refractivity contribution in [3.63, 3.8) is 0 Å². The first-order chi connectivity index (χ1) is 7.65. The SMILES string of the molecule is CN(C)C1(C(=O)CC2CCC2)CCCCC1. The van der Waals surface area contributed by atoms with Gasteiger partial charge in [0.2, 0.25) is 0 Å². The van der Waals surface area contributed by atoms with Gasteiger partial charge in [-0.3, -0.25) is 9.69 Å². The number of likely N-dealkylation sites (N-methyl/N-ethyl adjacent to an activating group) is 1. The van der Waals surface area contributed by atoms with Crippen molar-refractivity contribution in [2.75, 3.05) is 14.1 Å². The number of carbonyl (C=O) groups excluding carboxylic acids is 1. The van der Waals surface area contributed by atoms with Crippen LogP contribution in [0.2, 0.25) is 0 Å². The van der Waals surface area contributed by atoms with Crippen LogP contribution >= 0.6 is 0 Å². The molecule has 0 spiro atoms. The summed E-state index contributed by atoms with van der Waals surface area (Å²) >= 11 is 0. The lowest BCUT2D eigenvalue weighted by molar-refractivity contribution is -0.133. The van der Waals surface area contributed by atoms with Gasteiger partial charge in [0.15, 0.2) is 5.78 Å². The molecule has 0 N–H and O–H groups in total. The van der Waals surface area contributed by atoms with Gasteiger partial charge in [-0.05, 0) is 32.9 Å². The molecule has 2 nitrogen and oxygen atoms in total. The average Bonchev–Trinajstić information content (AvgIpc) is 2.24. The van der Waals surface area contributed by atoms with E-state index in [1.54, 1.807) is 0 Å². The van der Waals surface area contributed by atoms with Crippen molar-refractivity contribution in [2.24, 2.45) is 5.92 Å². The fourth-order valence-corrected chi connectivity index (χ4v) is 3.26. The molecule has 0 bridgehead atoms. The van der Waals surface area contributed by atoms with E-state index >= 15 is 0 Å². The fourth-order valence-electron chi connectivity index (χ4n) is 3.26. The molecule has 0 aromatic carbocycles. The highest BCUT2D eigenvalue weighted by molar-refractivity contribution is 5.88. The molecule has 0 aromatic heterocycles. The molecule has 2 aliphatic rings. The number of hydrogen-bond acceptors (Lipinski definition) is 2. The molecular formula is C14H25NO. The van der Waals surface area contributed by atoms with Crippen LogP contribution in [0.1, 0.15) is 57.8 Å². The second kappa shape index (κ2) is 4.87. The lowest BCUT2D eigenvalue weighted by Crippen LogP contribution is -2.53. The summed E-state index contributed by atoms with van der Waals surface area (Å²) in [5.41, 5.74) is -0.103. The van der Waals surface area contributed by atoms with Gasteiger partial charge in [-0.25, -0.2) is 0 Å². The first-order valence-corrected chi connectivity index (χ1v) is 6.86. The Kier molecular flexibility index (Phi) is 3.68. The molecule has 2 fully saturated rings. The number of rotatable bonds is 4. The van der Waals surface area contributed by atoms with Crippen LogP contribution in [0, 0.1) is 5.92 Å². The zero-order valence-corrected chi connectivity index (χ0v) is 10.8. The second-order valence-corrected chi connectivity index (χ2v) is 5.91. The van der Waals surface area contributed by atoms with Crippen LogP contribution in [0.5, 0.6) is 0 Å². The number of ketones is 1. The van der Waals surface area contributed by atoms with Crippen molar-refractivity contribution in [3.05, 3.63) is 0 Å². The molecule has 0 aliphatic heterocycles. The maximum Gasteiger partial charge on any atom is 0.153 e. The van der Waals surface area contributed by atoms with Crippen LogP contribution in [0.3, 0.4) is 0 Å². The summed E-state index contributed by atoms with van der Waals surface area (Å²) in [5, 5.41) is 0. The van der Waals surface area contributed by atoms with Gasteiger partial charge < -0.3 is 0 Å². The average molecular weight is 223 g/mol. The van der Waals surface area contributed by atoms with Crippen LogP contribution in [-0.4, -0.2) is 30.3 Å². The molecule has 0 amide bonds. The maximum atomic E-state index is 12.5. The number of Topliss-reactive ketones (excluding diaryl/α,β-unsaturated/α-hetero) is 1. The third kappa shape index (κ3) is 2.17. The Morgan fingerprint density at radius 3 is 2.19 bits per heavy atom. The summed E-state index contributed by atoms with van der Waals surface area (Å²) in [5.74, 6) is 1.24. The Morgan fingerprint density at radius 1 is 1.12 bits per heavy atom. The molecule has 0 radical (unpaired) electrons. The highest BCUT2D eigenvalue weighted by atomic mass is 16.1. The Morgan fingerprint density at radius 2 is 1.75 bits per heavy atom. The fraction of sp³-hybridized carbons (Fsp3) is 0.929. The second-order valence-electron chi connectivity index (χ2n) is 5.91. The summed E-state index contributed by atoms with van der Waals surface area (Å²) in [6, 6.07) is 0. The van der Waals surface area contributed by atoms with E-state index in [0.29, 0.717) is 11.7 Å². The predicted molar refractivity (Wildman–Crippen MR) is 66.5 cm³/mol. The number of hydrogen-bond donors (Lipinski definition) is 0. The maximum absolute atomic E-state index is 12.5. The van der Waals surface area contributed by atoms with Crippen LogP contribution in [0.4, 0.5) is 0 Å². The zero-order chi connectivity index (χ0) is 11.6. The lowest BCUT2D eigenvalue weighted by Gasteiger charge is -2.43. The van der Waals surface area contributed by atoms with Gasteiger partial charge in [-0.15, -0.1) is 0 Å². The van der Waals surface area contributed by atoms with Crippen molar-refractivity contribution in [1.82, 2.24) is 4.90 Å². The normalized spacial score (nSPS) is 25.4. The monoisotopic (exact) mass is 223 g/mol. The summed E-state index contributed by atoms with van der Waals surface area (Å²) < 4.78 is 0. The van der Waals surface area contributed by atoms with Crippen molar-refractivity contribution in [3.8, 4) is 0 Å². The number of nitrogens with zero attached hydrogens (tertiary/aromatic N) is 1. The van der Waals surface area contributed by atoms with E-state index in [2.05, 4.69) is 19.0 Å². The molecule has 0 unspecified atom stereocenters. The first kappa shape index (κ1) is 12.1. The third-order valence-electron chi connectivity index (χ3n) is 4.75. The van der Waals surface area contributed by atoms with Gasteiger partial charge in [0.1, 0.15) is 0 Å². The summed E-state index contributed by atoms with van der Waals surface area (Å²) in [6.45, 7) is 0. The van der Waals surface area contributed by atoms with Crippen molar-refractivity contribution < 1.29 is 4.79 Å². The van der Waals surface area contributed by atoms with Crippen molar-refractivity contribution in [1.29, 1.82) is 0 Å². The van der Waals surface area contributed by atoms with Crippen molar-refractivity contribution >= 4 is 5.78 Å². The van der Waals surface area contributed by atoms with Crippen molar-refractivity contribution in [2.45, 2.75) is 63.3 Å². The van der Waals surface area contributed by atoms with E-state index in [4.69, 9.17) is 0 Å².